The standard InChI is InChI=1S/C13H15BrF3NO3/c1-2-21-12(20)6-9(19)7-18-11-5-8(13(15,16)17)3-4-10(11)14/h3-5,9,18-19H,2,6-7H2,1H3. The second kappa shape index (κ2) is 7.65. The van der Waals surface area contributed by atoms with E-state index in [-0.39, 0.29) is 25.3 Å². The predicted molar refractivity (Wildman–Crippen MR) is 74.9 cm³/mol. The zero-order valence-corrected chi connectivity index (χ0v) is 12.8. The van der Waals surface area contributed by atoms with Crippen LogP contribution in [0.5, 0.6) is 0 Å². The molecule has 0 fully saturated rings. The summed E-state index contributed by atoms with van der Waals surface area (Å²) in [4.78, 5) is 11.1. The van der Waals surface area contributed by atoms with E-state index in [1.54, 1.807) is 6.92 Å². The van der Waals surface area contributed by atoms with E-state index < -0.39 is 23.8 Å². The number of nitrogens with one attached hydrogen (secondary N) is 1. The maximum Gasteiger partial charge on any atom is 0.416 e. The molecule has 21 heavy (non-hydrogen) atoms. The highest BCUT2D eigenvalue weighted by molar-refractivity contribution is 9.10. The lowest BCUT2D eigenvalue weighted by atomic mass is 10.2. The van der Waals surface area contributed by atoms with Gasteiger partial charge in [-0.05, 0) is 41.1 Å². The van der Waals surface area contributed by atoms with Crippen molar-refractivity contribution in [1.29, 1.82) is 0 Å². The predicted octanol–water partition coefficient (Wildman–Crippen LogP) is 3.19. The minimum Gasteiger partial charge on any atom is -0.466 e. The first kappa shape index (κ1) is 17.8. The molecule has 2 N–H and O–H groups in total. The summed E-state index contributed by atoms with van der Waals surface area (Å²) in [6.45, 7) is 1.78. The van der Waals surface area contributed by atoms with Crippen LogP contribution in [-0.2, 0) is 15.7 Å². The van der Waals surface area contributed by atoms with E-state index >= 15 is 0 Å². The molecule has 0 saturated heterocycles. The van der Waals surface area contributed by atoms with Crippen LogP contribution in [0.25, 0.3) is 0 Å². The van der Waals surface area contributed by atoms with Gasteiger partial charge in [0.2, 0.25) is 0 Å². The minimum atomic E-state index is -4.44. The first-order valence-corrected chi connectivity index (χ1v) is 6.97. The van der Waals surface area contributed by atoms with Gasteiger partial charge in [0.25, 0.3) is 0 Å². The van der Waals surface area contributed by atoms with Crippen molar-refractivity contribution >= 4 is 27.6 Å². The van der Waals surface area contributed by atoms with Crippen LogP contribution >= 0.6 is 15.9 Å². The molecule has 0 radical (unpaired) electrons. The quantitative estimate of drug-likeness (QED) is 0.756. The number of rotatable bonds is 6. The van der Waals surface area contributed by atoms with Crippen molar-refractivity contribution in [2.45, 2.75) is 25.6 Å². The summed E-state index contributed by atoms with van der Waals surface area (Å²) in [7, 11) is 0. The fourth-order valence-electron chi connectivity index (χ4n) is 1.55. The lowest BCUT2D eigenvalue weighted by molar-refractivity contribution is -0.145. The summed E-state index contributed by atoms with van der Waals surface area (Å²) < 4.78 is 42.9. The molecule has 0 aromatic heterocycles. The molecule has 1 unspecified atom stereocenters. The number of benzene rings is 1. The molecular weight excluding hydrogens is 355 g/mol. The zero-order chi connectivity index (χ0) is 16.0. The lowest BCUT2D eigenvalue weighted by Crippen LogP contribution is -2.24. The number of hydrogen-bond acceptors (Lipinski definition) is 4. The Balaban J connectivity index is 2.64. The van der Waals surface area contributed by atoms with Crippen molar-refractivity contribution in [3.8, 4) is 0 Å². The highest BCUT2D eigenvalue weighted by atomic mass is 79.9. The fraction of sp³-hybridized carbons (Fsp3) is 0.462. The number of anilines is 1. The number of carbonyl (C=O) groups is 1. The molecule has 1 aromatic rings. The van der Waals surface area contributed by atoms with Crippen LogP contribution in [0.15, 0.2) is 22.7 Å². The summed E-state index contributed by atoms with van der Waals surface area (Å²) in [6.07, 6.45) is -5.72. The van der Waals surface area contributed by atoms with Gasteiger partial charge in [-0.3, -0.25) is 4.79 Å². The Morgan fingerprint density at radius 3 is 2.71 bits per heavy atom. The molecule has 0 aliphatic rings. The minimum absolute atomic E-state index is 0.0707. The van der Waals surface area contributed by atoms with E-state index in [2.05, 4.69) is 26.0 Å². The molecule has 0 amide bonds. The van der Waals surface area contributed by atoms with Crippen molar-refractivity contribution in [1.82, 2.24) is 0 Å². The van der Waals surface area contributed by atoms with Crippen LogP contribution in [0.3, 0.4) is 0 Å². The van der Waals surface area contributed by atoms with Gasteiger partial charge in [-0.15, -0.1) is 0 Å². The molecular formula is C13H15BrF3NO3. The third kappa shape index (κ3) is 5.92. The molecule has 118 valence electrons. The first-order chi connectivity index (χ1) is 9.74. The van der Waals surface area contributed by atoms with Crippen LogP contribution in [-0.4, -0.2) is 30.3 Å². The maximum absolute atomic E-state index is 12.6. The summed E-state index contributed by atoms with van der Waals surface area (Å²) >= 11 is 3.12. The Morgan fingerprint density at radius 1 is 1.48 bits per heavy atom. The third-order valence-corrected chi connectivity index (χ3v) is 3.22. The van der Waals surface area contributed by atoms with Gasteiger partial charge in [-0.2, -0.15) is 13.2 Å². The van der Waals surface area contributed by atoms with Crippen LogP contribution < -0.4 is 5.32 Å². The number of aliphatic hydroxyl groups is 1. The van der Waals surface area contributed by atoms with E-state index in [1.807, 2.05) is 0 Å². The molecule has 0 aliphatic carbocycles. The van der Waals surface area contributed by atoms with Crippen LogP contribution in [0.1, 0.15) is 18.9 Å². The van der Waals surface area contributed by atoms with Crippen molar-refractivity contribution in [3.05, 3.63) is 28.2 Å². The number of hydrogen-bond donors (Lipinski definition) is 2. The summed E-state index contributed by atoms with van der Waals surface area (Å²) in [5.74, 6) is -0.560. The second-order valence-corrected chi connectivity index (χ2v) is 5.09. The highest BCUT2D eigenvalue weighted by Crippen LogP contribution is 2.33. The average Bonchev–Trinajstić information content (AvgIpc) is 2.36. The molecule has 8 heteroatoms. The summed E-state index contributed by atoms with van der Waals surface area (Å²) in [6, 6.07) is 3.15. The fourth-order valence-corrected chi connectivity index (χ4v) is 1.94. The Kier molecular flexibility index (Phi) is 6.47. The average molecular weight is 370 g/mol. The number of halogens is 4. The zero-order valence-electron chi connectivity index (χ0n) is 11.2. The van der Waals surface area contributed by atoms with Crippen LogP contribution in [0, 0.1) is 0 Å². The molecule has 0 spiro atoms. The Hall–Kier alpha value is -1.28. The first-order valence-electron chi connectivity index (χ1n) is 6.18. The molecule has 0 heterocycles. The van der Waals surface area contributed by atoms with Gasteiger partial charge >= 0.3 is 12.1 Å². The monoisotopic (exact) mass is 369 g/mol. The molecule has 1 aromatic carbocycles. The number of aliphatic hydroxyl groups excluding tert-OH is 1. The Labute approximate surface area is 128 Å². The van der Waals surface area contributed by atoms with E-state index in [4.69, 9.17) is 0 Å². The largest absolute Gasteiger partial charge is 0.466 e. The van der Waals surface area contributed by atoms with Gasteiger partial charge in [0.15, 0.2) is 0 Å². The number of esters is 1. The van der Waals surface area contributed by atoms with Crippen LogP contribution in [0.4, 0.5) is 18.9 Å². The molecule has 1 atom stereocenters. The van der Waals surface area contributed by atoms with Gasteiger partial charge < -0.3 is 15.2 Å². The summed E-state index contributed by atoms with van der Waals surface area (Å²) in [5.41, 5.74) is -0.610. The highest BCUT2D eigenvalue weighted by Gasteiger charge is 2.30. The van der Waals surface area contributed by atoms with Gasteiger partial charge in [0, 0.05) is 16.7 Å². The maximum atomic E-state index is 12.6. The topological polar surface area (TPSA) is 58.6 Å². The van der Waals surface area contributed by atoms with Crippen LogP contribution in [0.2, 0.25) is 0 Å². The van der Waals surface area contributed by atoms with Gasteiger partial charge in [0.1, 0.15) is 0 Å². The van der Waals surface area contributed by atoms with Crippen molar-refractivity contribution in [3.63, 3.8) is 0 Å². The van der Waals surface area contributed by atoms with E-state index in [9.17, 15) is 23.1 Å². The lowest BCUT2D eigenvalue weighted by Gasteiger charge is -2.15. The Bertz CT molecular complexity index is 494. The number of carbonyl (C=O) groups excluding carboxylic acids is 1. The van der Waals surface area contributed by atoms with E-state index in [0.717, 1.165) is 12.1 Å². The smallest absolute Gasteiger partial charge is 0.416 e. The van der Waals surface area contributed by atoms with E-state index in [0.29, 0.717) is 4.47 Å². The normalized spacial score (nSPS) is 12.9. The summed E-state index contributed by atoms with van der Waals surface area (Å²) in [5, 5.41) is 12.3. The molecule has 0 saturated carbocycles. The Morgan fingerprint density at radius 2 is 2.14 bits per heavy atom. The number of alkyl halides is 3. The van der Waals surface area contributed by atoms with Crippen molar-refractivity contribution in [2.75, 3.05) is 18.5 Å². The molecule has 4 nitrogen and oxygen atoms in total. The van der Waals surface area contributed by atoms with E-state index in [1.165, 1.54) is 6.07 Å². The molecule has 0 aliphatic heterocycles. The van der Waals surface area contributed by atoms with Gasteiger partial charge in [-0.1, -0.05) is 0 Å². The third-order valence-electron chi connectivity index (χ3n) is 2.53. The van der Waals surface area contributed by atoms with Gasteiger partial charge in [-0.25, -0.2) is 0 Å². The molecule has 1 rings (SSSR count). The SMILES string of the molecule is CCOC(=O)CC(O)CNc1cc(C(F)(F)F)ccc1Br. The molecule has 0 bridgehead atoms. The van der Waals surface area contributed by atoms with Crippen molar-refractivity contribution in [2.24, 2.45) is 0 Å². The number of ether oxygens (including phenoxy) is 1. The van der Waals surface area contributed by atoms with Crippen molar-refractivity contribution < 1.29 is 27.8 Å². The second-order valence-electron chi connectivity index (χ2n) is 4.24. The van der Waals surface area contributed by atoms with Gasteiger partial charge in [0.05, 0.1) is 24.7 Å².